The van der Waals surface area contributed by atoms with Crippen LogP contribution in [0.15, 0.2) is 18.2 Å². The normalized spacial score (nSPS) is 14.3. The van der Waals surface area contributed by atoms with Crippen molar-refractivity contribution in [1.29, 1.82) is 0 Å². The highest BCUT2D eigenvalue weighted by molar-refractivity contribution is 5.67. The third-order valence-corrected chi connectivity index (χ3v) is 2.80. The molecule has 2 unspecified atom stereocenters. The van der Waals surface area contributed by atoms with Crippen LogP contribution in [-0.2, 0) is 4.74 Å². The molecule has 1 aromatic rings. The molecule has 6 nitrogen and oxygen atoms in total. The van der Waals surface area contributed by atoms with Crippen LogP contribution in [0.5, 0.6) is 5.75 Å². The molecule has 0 bridgehead atoms. The Morgan fingerprint density at radius 3 is 2.55 bits per heavy atom. The van der Waals surface area contributed by atoms with Crippen molar-refractivity contribution in [2.24, 2.45) is 0 Å². The quantitative estimate of drug-likeness (QED) is 0.664. The second-order valence-electron chi connectivity index (χ2n) is 5.90. The molecule has 1 aromatic carbocycles. The van der Waals surface area contributed by atoms with Crippen molar-refractivity contribution in [3.05, 3.63) is 29.6 Å². The summed E-state index contributed by atoms with van der Waals surface area (Å²) in [6.45, 7) is 5.17. The van der Waals surface area contributed by atoms with Crippen molar-refractivity contribution in [1.82, 2.24) is 5.32 Å². The number of benzene rings is 1. The SMILES string of the molecule is CC(C)(C)OC(=O)NCCC(O)C(O)c1c(O)cccc1F. The Kier molecular flexibility index (Phi) is 6.13. The molecular formula is C15H22FNO5. The topological polar surface area (TPSA) is 99.0 Å². The smallest absolute Gasteiger partial charge is 0.407 e. The number of rotatable bonds is 5. The number of aliphatic hydroxyl groups is 2. The van der Waals surface area contributed by atoms with Gasteiger partial charge in [-0.15, -0.1) is 0 Å². The molecule has 22 heavy (non-hydrogen) atoms. The van der Waals surface area contributed by atoms with Crippen LogP contribution in [0.25, 0.3) is 0 Å². The van der Waals surface area contributed by atoms with E-state index in [2.05, 4.69) is 5.32 Å². The maximum absolute atomic E-state index is 13.6. The van der Waals surface area contributed by atoms with Gasteiger partial charge < -0.3 is 25.4 Å². The van der Waals surface area contributed by atoms with Gasteiger partial charge in [-0.1, -0.05) is 6.07 Å². The molecule has 0 saturated carbocycles. The lowest BCUT2D eigenvalue weighted by atomic mass is 10.0. The van der Waals surface area contributed by atoms with E-state index in [0.717, 1.165) is 6.07 Å². The number of aliphatic hydroxyl groups excluding tert-OH is 2. The molecule has 0 heterocycles. The fraction of sp³-hybridized carbons (Fsp3) is 0.533. The second kappa shape index (κ2) is 7.42. The zero-order valence-corrected chi connectivity index (χ0v) is 12.8. The van der Waals surface area contributed by atoms with Crippen molar-refractivity contribution in [2.75, 3.05) is 6.54 Å². The summed E-state index contributed by atoms with van der Waals surface area (Å²) in [4.78, 5) is 11.4. The summed E-state index contributed by atoms with van der Waals surface area (Å²) >= 11 is 0. The van der Waals surface area contributed by atoms with Crippen LogP contribution in [0.3, 0.4) is 0 Å². The first-order valence-electron chi connectivity index (χ1n) is 6.92. The highest BCUT2D eigenvalue weighted by atomic mass is 19.1. The standard InChI is InChI=1S/C15H22FNO5/c1-15(2,3)22-14(21)17-8-7-11(19)13(20)12-9(16)5-4-6-10(12)18/h4-6,11,13,18-20H,7-8H2,1-3H3,(H,17,21). The summed E-state index contributed by atoms with van der Waals surface area (Å²) in [5.41, 5.74) is -1.01. The Morgan fingerprint density at radius 1 is 1.36 bits per heavy atom. The van der Waals surface area contributed by atoms with Gasteiger partial charge in [-0.05, 0) is 39.3 Å². The van der Waals surface area contributed by atoms with Gasteiger partial charge in [0.2, 0.25) is 0 Å². The molecule has 1 amide bonds. The summed E-state index contributed by atoms with van der Waals surface area (Å²) in [5, 5.41) is 31.7. The average Bonchev–Trinajstić information content (AvgIpc) is 2.35. The molecule has 4 N–H and O–H groups in total. The summed E-state index contributed by atoms with van der Waals surface area (Å²) in [6, 6.07) is 3.58. The van der Waals surface area contributed by atoms with Crippen molar-refractivity contribution in [3.8, 4) is 5.75 Å². The Hall–Kier alpha value is -1.86. The maximum atomic E-state index is 13.6. The van der Waals surface area contributed by atoms with E-state index >= 15 is 0 Å². The molecule has 0 aliphatic rings. The molecule has 0 fully saturated rings. The van der Waals surface area contributed by atoms with Gasteiger partial charge in [-0.25, -0.2) is 9.18 Å². The van der Waals surface area contributed by atoms with Gasteiger partial charge in [0.1, 0.15) is 23.3 Å². The highest BCUT2D eigenvalue weighted by Gasteiger charge is 2.25. The Morgan fingerprint density at radius 2 is 2.00 bits per heavy atom. The number of aromatic hydroxyl groups is 1. The van der Waals surface area contributed by atoms with Gasteiger partial charge in [-0.3, -0.25) is 0 Å². The number of phenols is 1. The van der Waals surface area contributed by atoms with Crippen molar-refractivity contribution in [3.63, 3.8) is 0 Å². The van der Waals surface area contributed by atoms with Gasteiger partial charge in [-0.2, -0.15) is 0 Å². The third-order valence-electron chi connectivity index (χ3n) is 2.80. The fourth-order valence-corrected chi connectivity index (χ4v) is 1.80. The number of hydrogen-bond acceptors (Lipinski definition) is 5. The van der Waals surface area contributed by atoms with E-state index in [1.54, 1.807) is 20.8 Å². The molecule has 0 saturated heterocycles. The summed E-state index contributed by atoms with van der Waals surface area (Å²) < 4.78 is 18.6. The molecule has 0 radical (unpaired) electrons. The third kappa shape index (κ3) is 5.50. The molecule has 0 aromatic heterocycles. The average molecular weight is 315 g/mol. The number of carbonyl (C=O) groups is 1. The molecule has 7 heteroatoms. The van der Waals surface area contributed by atoms with Crippen LogP contribution < -0.4 is 5.32 Å². The van der Waals surface area contributed by atoms with Crippen LogP contribution >= 0.6 is 0 Å². The minimum absolute atomic E-state index is 0.0301. The zero-order valence-electron chi connectivity index (χ0n) is 12.8. The minimum Gasteiger partial charge on any atom is -0.507 e. The first kappa shape index (κ1) is 18.2. The van der Waals surface area contributed by atoms with E-state index in [1.807, 2.05) is 0 Å². The van der Waals surface area contributed by atoms with E-state index in [9.17, 15) is 24.5 Å². The van der Waals surface area contributed by atoms with Crippen LogP contribution in [0.1, 0.15) is 38.9 Å². The minimum atomic E-state index is -1.60. The zero-order chi connectivity index (χ0) is 16.9. The first-order chi connectivity index (χ1) is 10.1. The second-order valence-corrected chi connectivity index (χ2v) is 5.90. The van der Waals surface area contributed by atoms with Gasteiger partial charge in [0.25, 0.3) is 0 Å². The number of alkyl carbamates (subject to hydrolysis) is 1. The van der Waals surface area contributed by atoms with Crippen molar-refractivity contribution < 1.29 is 29.2 Å². The molecular weight excluding hydrogens is 293 g/mol. The molecule has 2 atom stereocenters. The monoisotopic (exact) mass is 315 g/mol. The maximum Gasteiger partial charge on any atom is 0.407 e. The number of carbonyl (C=O) groups excluding carboxylic acids is 1. The number of hydrogen-bond donors (Lipinski definition) is 4. The van der Waals surface area contributed by atoms with Crippen LogP contribution in [-0.4, -0.2) is 39.7 Å². The number of amides is 1. The number of nitrogens with one attached hydrogen (secondary N) is 1. The van der Waals surface area contributed by atoms with Gasteiger partial charge in [0.05, 0.1) is 11.7 Å². The predicted molar refractivity (Wildman–Crippen MR) is 77.9 cm³/mol. The molecule has 0 aliphatic carbocycles. The van der Waals surface area contributed by atoms with E-state index in [-0.39, 0.29) is 18.5 Å². The highest BCUT2D eigenvalue weighted by Crippen LogP contribution is 2.29. The van der Waals surface area contributed by atoms with E-state index in [0.29, 0.717) is 0 Å². The van der Waals surface area contributed by atoms with E-state index in [4.69, 9.17) is 4.74 Å². The molecule has 0 spiro atoms. The lowest BCUT2D eigenvalue weighted by Crippen LogP contribution is -2.34. The lowest BCUT2D eigenvalue weighted by molar-refractivity contribution is 0.00904. The predicted octanol–water partition coefficient (Wildman–Crippen LogP) is 1.84. The van der Waals surface area contributed by atoms with E-state index in [1.165, 1.54) is 12.1 Å². The Bertz CT molecular complexity index is 495. The number of halogens is 1. The first-order valence-corrected chi connectivity index (χ1v) is 6.92. The van der Waals surface area contributed by atoms with Crippen LogP contribution in [0.4, 0.5) is 9.18 Å². The number of ether oxygens (including phenoxy) is 1. The summed E-state index contributed by atoms with van der Waals surface area (Å²) in [7, 11) is 0. The van der Waals surface area contributed by atoms with Crippen molar-refractivity contribution in [2.45, 2.75) is 45.0 Å². The van der Waals surface area contributed by atoms with Gasteiger partial charge >= 0.3 is 6.09 Å². The Labute approximate surface area is 128 Å². The molecule has 124 valence electrons. The van der Waals surface area contributed by atoms with E-state index < -0.39 is 35.5 Å². The number of phenolic OH excluding ortho intramolecular Hbond substituents is 1. The summed E-state index contributed by atoms with van der Waals surface area (Å²) in [5.74, 6) is -1.25. The van der Waals surface area contributed by atoms with Crippen LogP contribution in [0.2, 0.25) is 0 Å². The summed E-state index contributed by atoms with van der Waals surface area (Å²) in [6.07, 6.45) is -3.63. The largest absolute Gasteiger partial charge is 0.507 e. The van der Waals surface area contributed by atoms with Gasteiger partial charge in [0, 0.05) is 6.54 Å². The molecule has 0 aliphatic heterocycles. The van der Waals surface area contributed by atoms with Crippen molar-refractivity contribution >= 4 is 6.09 Å². The lowest BCUT2D eigenvalue weighted by Gasteiger charge is -2.21. The Balaban J connectivity index is 2.52. The molecule has 1 rings (SSSR count). The van der Waals surface area contributed by atoms with Crippen LogP contribution in [0, 0.1) is 5.82 Å². The fourth-order valence-electron chi connectivity index (χ4n) is 1.80. The van der Waals surface area contributed by atoms with Gasteiger partial charge in [0.15, 0.2) is 0 Å².